The quantitative estimate of drug-likeness (QED) is 0.520. The molecule has 0 heterocycles. The van der Waals surface area contributed by atoms with Gasteiger partial charge in [0.05, 0.1) is 0 Å². The Morgan fingerprint density at radius 2 is 1.05 bits per heavy atom. The molecule has 0 heteroatoms. The van der Waals surface area contributed by atoms with Gasteiger partial charge in [-0.05, 0) is 79.4 Å². The lowest BCUT2D eigenvalue weighted by Gasteiger charge is -2.47. The summed E-state index contributed by atoms with van der Waals surface area (Å²) in [5.74, 6) is 6.74. The standard InChI is InChI=1S/C21H36/c1-21(2)14-8-7-13-19(21)20-17-11-5-3-9-15(17)16-10-4-6-12-18(16)20/h15-20H,3-14H2,1-2H3. The minimum atomic E-state index is 0.636. The Morgan fingerprint density at radius 1 is 0.571 bits per heavy atom. The van der Waals surface area contributed by atoms with Gasteiger partial charge < -0.3 is 0 Å². The molecule has 21 heavy (non-hydrogen) atoms. The number of rotatable bonds is 1. The van der Waals surface area contributed by atoms with Crippen LogP contribution in [0.15, 0.2) is 0 Å². The van der Waals surface area contributed by atoms with Crippen LogP contribution in [0.3, 0.4) is 0 Å². The zero-order valence-electron chi connectivity index (χ0n) is 14.4. The molecule has 5 atom stereocenters. The first-order chi connectivity index (χ1) is 10.2. The van der Waals surface area contributed by atoms with E-state index >= 15 is 0 Å². The molecular weight excluding hydrogens is 252 g/mol. The van der Waals surface area contributed by atoms with Crippen molar-refractivity contribution in [2.24, 2.45) is 40.9 Å². The second-order valence-electron chi connectivity index (χ2n) is 9.64. The molecule has 0 amide bonds. The first-order valence-electron chi connectivity index (χ1n) is 10.2. The van der Waals surface area contributed by atoms with Crippen molar-refractivity contribution >= 4 is 0 Å². The Hall–Kier alpha value is 0. The summed E-state index contributed by atoms with van der Waals surface area (Å²) in [5, 5.41) is 0. The van der Waals surface area contributed by atoms with Crippen molar-refractivity contribution in [3.63, 3.8) is 0 Å². The smallest absolute Gasteiger partial charge is 0.0318 e. The largest absolute Gasteiger partial charge is 0.0596 e. The molecule has 0 aromatic heterocycles. The Balaban J connectivity index is 1.65. The molecule has 4 saturated carbocycles. The molecular formula is C21H36. The van der Waals surface area contributed by atoms with E-state index in [0.29, 0.717) is 5.41 Å². The zero-order chi connectivity index (χ0) is 14.4. The fourth-order valence-corrected chi connectivity index (χ4v) is 7.54. The minimum absolute atomic E-state index is 0.636. The third-order valence-electron chi connectivity index (χ3n) is 8.34. The van der Waals surface area contributed by atoms with E-state index in [1.165, 1.54) is 19.3 Å². The van der Waals surface area contributed by atoms with Crippen LogP contribution in [-0.2, 0) is 0 Å². The Bertz CT molecular complexity index is 346. The van der Waals surface area contributed by atoms with Crippen LogP contribution < -0.4 is 0 Å². The highest BCUT2D eigenvalue weighted by atomic mass is 14.6. The number of hydrogen-bond acceptors (Lipinski definition) is 0. The Kier molecular flexibility index (Phi) is 3.87. The van der Waals surface area contributed by atoms with Crippen LogP contribution >= 0.6 is 0 Å². The van der Waals surface area contributed by atoms with Crippen molar-refractivity contribution in [2.45, 2.75) is 90.9 Å². The summed E-state index contributed by atoms with van der Waals surface area (Å²) in [6.45, 7) is 5.23. The highest BCUT2D eigenvalue weighted by molar-refractivity contribution is 5.04. The van der Waals surface area contributed by atoms with Crippen molar-refractivity contribution < 1.29 is 0 Å². The first kappa shape index (κ1) is 14.6. The van der Waals surface area contributed by atoms with Gasteiger partial charge in [0.25, 0.3) is 0 Å². The Labute approximate surface area is 132 Å². The first-order valence-corrected chi connectivity index (χ1v) is 10.2. The van der Waals surface area contributed by atoms with E-state index in [0.717, 1.165) is 35.5 Å². The van der Waals surface area contributed by atoms with Crippen LogP contribution in [0.1, 0.15) is 90.9 Å². The maximum atomic E-state index is 2.62. The predicted molar refractivity (Wildman–Crippen MR) is 90.1 cm³/mol. The molecule has 0 aromatic rings. The van der Waals surface area contributed by atoms with Gasteiger partial charge in [0.2, 0.25) is 0 Å². The van der Waals surface area contributed by atoms with Gasteiger partial charge in [0.15, 0.2) is 0 Å². The summed E-state index contributed by atoms with van der Waals surface area (Å²) in [4.78, 5) is 0. The van der Waals surface area contributed by atoms with Gasteiger partial charge in [0.1, 0.15) is 0 Å². The summed E-state index contributed by atoms with van der Waals surface area (Å²) >= 11 is 0. The van der Waals surface area contributed by atoms with Crippen molar-refractivity contribution in [2.75, 3.05) is 0 Å². The third kappa shape index (κ3) is 2.40. The minimum Gasteiger partial charge on any atom is -0.0596 e. The summed E-state index contributed by atoms with van der Waals surface area (Å²) in [5.41, 5.74) is 0.636. The van der Waals surface area contributed by atoms with Crippen LogP contribution in [0, 0.1) is 40.9 Å². The number of hydrogen-bond donors (Lipinski definition) is 0. The average Bonchev–Trinajstić information content (AvgIpc) is 2.82. The van der Waals surface area contributed by atoms with Gasteiger partial charge in [-0.3, -0.25) is 0 Å². The van der Waals surface area contributed by atoms with Gasteiger partial charge in [-0.25, -0.2) is 0 Å². The summed E-state index contributed by atoms with van der Waals surface area (Å²) in [6, 6.07) is 0. The average molecular weight is 289 g/mol. The highest BCUT2D eigenvalue weighted by Crippen LogP contribution is 2.63. The van der Waals surface area contributed by atoms with Crippen LogP contribution in [0.2, 0.25) is 0 Å². The van der Waals surface area contributed by atoms with Crippen LogP contribution in [-0.4, -0.2) is 0 Å². The fraction of sp³-hybridized carbons (Fsp3) is 1.00. The molecule has 0 aliphatic heterocycles. The van der Waals surface area contributed by atoms with E-state index in [-0.39, 0.29) is 0 Å². The zero-order valence-corrected chi connectivity index (χ0v) is 14.4. The number of fused-ring (bicyclic) bond motifs is 3. The molecule has 120 valence electrons. The lowest BCUT2D eigenvalue weighted by molar-refractivity contribution is 0.0231. The van der Waals surface area contributed by atoms with Crippen molar-refractivity contribution in [3.8, 4) is 0 Å². The van der Waals surface area contributed by atoms with Gasteiger partial charge in [-0.2, -0.15) is 0 Å². The fourth-order valence-electron chi connectivity index (χ4n) is 7.54. The molecule has 5 unspecified atom stereocenters. The summed E-state index contributed by atoms with van der Waals surface area (Å²) in [6.07, 6.45) is 18.6. The van der Waals surface area contributed by atoms with Gasteiger partial charge >= 0.3 is 0 Å². The van der Waals surface area contributed by atoms with E-state index in [9.17, 15) is 0 Å². The van der Waals surface area contributed by atoms with Crippen LogP contribution in [0.4, 0.5) is 0 Å². The Morgan fingerprint density at radius 3 is 1.57 bits per heavy atom. The topological polar surface area (TPSA) is 0 Å². The maximum absolute atomic E-state index is 2.62. The lowest BCUT2D eigenvalue weighted by atomic mass is 9.58. The van der Waals surface area contributed by atoms with E-state index < -0.39 is 0 Å². The van der Waals surface area contributed by atoms with Crippen molar-refractivity contribution in [3.05, 3.63) is 0 Å². The summed E-state index contributed by atoms with van der Waals surface area (Å²) in [7, 11) is 0. The molecule has 4 rings (SSSR count). The maximum Gasteiger partial charge on any atom is -0.0318 e. The van der Waals surface area contributed by atoms with E-state index in [1.54, 1.807) is 57.8 Å². The van der Waals surface area contributed by atoms with E-state index in [1.807, 2.05) is 0 Å². The van der Waals surface area contributed by atoms with Gasteiger partial charge in [-0.15, -0.1) is 0 Å². The van der Waals surface area contributed by atoms with Crippen LogP contribution in [0.5, 0.6) is 0 Å². The summed E-state index contributed by atoms with van der Waals surface area (Å²) < 4.78 is 0. The second-order valence-corrected chi connectivity index (χ2v) is 9.64. The lowest BCUT2D eigenvalue weighted by Crippen LogP contribution is -2.39. The van der Waals surface area contributed by atoms with Gasteiger partial charge in [-0.1, -0.05) is 52.4 Å². The van der Waals surface area contributed by atoms with Crippen LogP contribution in [0.25, 0.3) is 0 Å². The van der Waals surface area contributed by atoms with Crippen molar-refractivity contribution in [1.29, 1.82) is 0 Å². The predicted octanol–water partition coefficient (Wildman–Crippen LogP) is 6.45. The molecule has 4 aliphatic rings. The molecule has 0 bridgehead atoms. The highest BCUT2D eigenvalue weighted by Gasteiger charge is 2.55. The molecule has 0 radical (unpaired) electrons. The SMILES string of the molecule is CC1(C)CCCCC1C1C2CCCCC2C2CCCCC21. The monoisotopic (exact) mass is 288 g/mol. The van der Waals surface area contributed by atoms with E-state index in [4.69, 9.17) is 0 Å². The third-order valence-corrected chi connectivity index (χ3v) is 8.34. The second kappa shape index (κ2) is 5.57. The van der Waals surface area contributed by atoms with Gasteiger partial charge in [0, 0.05) is 0 Å². The normalized spacial score (nSPS) is 49.4. The van der Waals surface area contributed by atoms with Crippen molar-refractivity contribution in [1.82, 2.24) is 0 Å². The molecule has 0 nitrogen and oxygen atoms in total. The molecule has 4 fully saturated rings. The molecule has 0 N–H and O–H groups in total. The van der Waals surface area contributed by atoms with E-state index in [2.05, 4.69) is 13.8 Å². The molecule has 0 saturated heterocycles. The molecule has 0 aromatic carbocycles. The molecule has 0 spiro atoms. The molecule has 4 aliphatic carbocycles.